The summed E-state index contributed by atoms with van der Waals surface area (Å²) in [4.78, 5) is 25.4. The van der Waals surface area contributed by atoms with Gasteiger partial charge in [0.15, 0.2) is 6.61 Å². The van der Waals surface area contributed by atoms with E-state index in [1.807, 2.05) is 66.7 Å². The summed E-state index contributed by atoms with van der Waals surface area (Å²) in [6.07, 6.45) is 2.18. The molecule has 0 unspecified atom stereocenters. The van der Waals surface area contributed by atoms with Gasteiger partial charge in [0.25, 0.3) is 5.91 Å². The van der Waals surface area contributed by atoms with Crippen molar-refractivity contribution in [2.45, 2.75) is 32.2 Å². The second kappa shape index (κ2) is 9.76. The maximum atomic E-state index is 12.7. The Balaban J connectivity index is 1.26. The van der Waals surface area contributed by atoms with Crippen molar-refractivity contribution in [2.24, 2.45) is 0 Å². The highest BCUT2D eigenvalue weighted by Crippen LogP contribution is 2.40. The van der Waals surface area contributed by atoms with E-state index in [4.69, 9.17) is 16.3 Å². The molecule has 1 fully saturated rings. The molecule has 4 aromatic rings. The van der Waals surface area contributed by atoms with Crippen molar-refractivity contribution < 1.29 is 14.3 Å². The van der Waals surface area contributed by atoms with Crippen molar-refractivity contribution in [3.63, 3.8) is 0 Å². The lowest BCUT2D eigenvalue weighted by molar-refractivity contribution is -0.119. The van der Waals surface area contributed by atoms with Gasteiger partial charge in [-0.2, -0.15) is 10.2 Å². The van der Waals surface area contributed by atoms with Crippen molar-refractivity contribution in [1.82, 2.24) is 19.6 Å². The van der Waals surface area contributed by atoms with Crippen molar-refractivity contribution in [3.05, 3.63) is 94.4 Å². The van der Waals surface area contributed by atoms with Crippen LogP contribution in [0.15, 0.2) is 66.7 Å². The Morgan fingerprint density at radius 2 is 1.74 bits per heavy atom. The van der Waals surface area contributed by atoms with Gasteiger partial charge in [-0.05, 0) is 37.5 Å². The van der Waals surface area contributed by atoms with Crippen LogP contribution in [0.25, 0.3) is 5.69 Å². The molecule has 5 rings (SSSR count). The number of benzene rings is 2. The van der Waals surface area contributed by atoms with E-state index in [0.29, 0.717) is 24.0 Å². The number of halogens is 1. The Labute approximate surface area is 207 Å². The molecular weight excluding hydrogens is 466 g/mol. The molecule has 8 nitrogen and oxygen atoms in total. The number of aryl methyl sites for hydroxylation is 1. The summed E-state index contributed by atoms with van der Waals surface area (Å²) < 4.78 is 8.52. The smallest absolute Gasteiger partial charge is 0.343 e. The third kappa shape index (κ3) is 5.12. The highest BCUT2D eigenvalue weighted by Gasteiger charge is 2.28. The van der Waals surface area contributed by atoms with Gasteiger partial charge in [-0.3, -0.25) is 4.79 Å². The minimum absolute atomic E-state index is 0.153. The number of nitrogens with one attached hydrogen (secondary N) is 1. The molecule has 0 bridgehead atoms. The molecule has 0 saturated heterocycles. The van der Waals surface area contributed by atoms with E-state index in [-0.39, 0.29) is 10.7 Å². The number of para-hydroxylation sites is 1. The van der Waals surface area contributed by atoms with E-state index in [0.717, 1.165) is 29.8 Å². The predicted octanol–water partition coefficient (Wildman–Crippen LogP) is 4.75. The summed E-state index contributed by atoms with van der Waals surface area (Å²) in [6.45, 7) is 1.64. The van der Waals surface area contributed by atoms with Crippen LogP contribution in [0.3, 0.4) is 0 Å². The van der Waals surface area contributed by atoms with Gasteiger partial charge in [-0.1, -0.05) is 60.1 Å². The predicted molar refractivity (Wildman–Crippen MR) is 132 cm³/mol. The summed E-state index contributed by atoms with van der Waals surface area (Å²) >= 11 is 6.43. The SMILES string of the molecule is Cc1nn(Cc2ccccc2)c(Cl)c1C(=O)OCC(=O)Nc1cc(C2CC2)nn1-c1ccccc1. The molecule has 2 aromatic carbocycles. The molecule has 1 aliphatic rings. The fraction of sp³-hybridized carbons (Fsp3) is 0.231. The number of esters is 1. The summed E-state index contributed by atoms with van der Waals surface area (Å²) in [6, 6.07) is 21.1. The van der Waals surface area contributed by atoms with Crippen molar-refractivity contribution in [2.75, 3.05) is 11.9 Å². The van der Waals surface area contributed by atoms with Crippen LogP contribution in [0.1, 0.15) is 46.1 Å². The third-order valence-corrected chi connectivity index (χ3v) is 6.16. The lowest BCUT2D eigenvalue weighted by atomic mass is 10.2. The monoisotopic (exact) mass is 489 g/mol. The van der Waals surface area contributed by atoms with Gasteiger partial charge >= 0.3 is 5.97 Å². The van der Waals surface area contributed by atoms with Crippen LogP contribution in [0, 0.1) is 6.92 Å². The number of carbonyl (C=O) groups excluding carboxylic acids is 2. The van der Waals surface area contributed by atoms with E-state index >= 15 is 0 Å². The molecule has 1 saturated carbocycles. The molecule has 1 N–H and O–H groups in total. The molecular formula is C26H24ClN5O3. The number of hydrogen-bond donors (Lipinski definition) is 1. The van der Waals surface area contributed by atoms with E-state index in [9.17, 15) is 9.59 Å². The van der Waals surface area contributed by atoms with Crippen molar-refractivity contribution >= 4 is 29.3 Å². The molecule has 178 valence electrons. The van der Waals surface area contributed by atoms with Gasteiger partial charge in [-0.25, -0.2) is 14.2 Å². The summed E-state index contributed by atoms with van der Waals surface area (Å²) in [5.41, 5.74) is 3.36. The lowest BCUT2D eigenvalue weighted by Gasteiger charge is -2.09. The first-order chi connectivity index (χ1) is 17.0. The second-order valence-corrected chi connectivity index (χ2v) is 8.85. The zero-order valence-electron chi connectivity index (χ0n) is 19.1. The van der Waals surface area contributed by atoms with Gasteiger partial charge in [0.1, 0.15) is 16.5 Å². The van der Waals surface area contributed by atoms with Gasteiger partial charge < -0.3 is 10.1 Å². The highest BCUT2D eigenvalue weighted by atomic mass is 35.5. The summed E-state index contributed by atoms with van der Waals surface area (Å²) in [7, 11) is 0. The van der Waals surface area contributed by atoms with Crippen LogP contribution < -0.4 is 5.32 Å². The number of nitrogens with zero attached hydrogens (tertiary/aromatic N) is 4. The molecule has 0 radical (unpaired) electrons. The largest absolute Gasteiger partial charge is 0.452 e. The highest BCUT2D eigenvalue weighted by molar-refractivity contribution is 6.32. The van der Waals surface area contributed by atoms with Gasteiger partial charge in [0, 0.05) is 12.0 Å². The van der Waals surface area contributed by atoms with Gasteiger partial charge in [0.05, 0.1) is 23.6 Å². The van der Waals surface area contributed by atoms with E-state index in [1.54, 1.807) is 16.3 Å². The maximum absolute atomic E-state index is 12.7. The fourth-order valence-electron chi connectivity index (χ4n) is 3.86. The van der Waals surface area contributed by atoms with E-state index in [2.05, 4.69) is 15.5 Å². The number of hydrogen-bond acceptors (Lipinski definition) is 5. The second-order valence-electron chi connectivity index (χ2n) is 8.49. The Morgan fingerprint density at radius 1 is 1.06 bits per heavy atom. The third-order valence-electron chi connectivity index (χ3n) is 5.77. The number of carbonyl (C=O) groups is 2. The Hall–Kier alpha value is -3.91. The van der Waals surface area contributed by atoms with Gasteiger partial charge in [0.2, 0.25) is 0 Å². The van der Waals surface area contributed by atoms with Gasteiger partial charge in [-0.15, -0.1) is 0 Å². The number of anilines is 1. The maximum Gasteiger partial charge on any atom is 0.343 e. The topological polar surface area (TPSA) is 91.0 Å². The van der Waals surface area contributed by atoms with Crippen LogP contribution in [-0.4, -0.2) is 38.0 Å². The standard InChI is InChI=1S/C26H24ClN5O3/c1-17-24(25(27)31(29-17)15-18-8-4-2-5-9-18)26(34)35-16-23(33)28-22-14-21(19-12-13-19)30-32(22)20-10-6-3-7-11-20/h2-11,14,19H,12-13,15-16H2,1H3,(H,28,33). The first-order valence-electron chi connectivity index (χ1n) is 11.4. The van der Waals surface area contributed by atoms with Crippen LogP contribution in [0.5, 0.6) is 0 Å². The Kier molecular flexibility index (Phi) is 6.37. The van der Waals surface area contributed by atoms with Crippen molar-refractivity contribution in [3.8, 4) is 5.69 Å². The molecule has 1 amide bonds. The summed E-state index contributed by atoms with van der Waals surface area (Å²) in [5.74, 6) is -0.213. The molecule has 9 heteroatoms. The molecule has 0 spiro atoms. The number of ether oxygens (including phenoxy) is 1. The van der Waals surface area contributed by atoms with Crippen LogP contribution >= 0.6 is 11.6 Å². The first kappa shape index (κ1) is 22.9. The molecule has 1 aliphatic carbocycles. The minimum atomic E-state index is -0.697. The minimum Gasteiger partial charge on any atom is -0.452 e. The van der Waals surface area contributed by atoms with E-state index < -0.39 is 18.5 Å². The van der Waals surface area contributed by atoms with Crippen molar-refractivity contribution in [1.29, 1.82) is 0 Å². The number of amides is 1. The average molecular weight is 490 g/mol. The number of rotatable bonds is 8. The molecule has 35 heavy (non-hydrogen) atoms. The quantitative estimate of drug-likeness (QED) is 0.360. The molecule has 0 atom stereocenters. The zero-order valence-corrected chi connectivity index (χ0v) is 19.9. The normalized spacial score (nSPS) is 13.0. The summed E-state index contributed by atoms with van der Waals surface area (Å²) in [5, 5.41) is 12.0. The zero-order chi connectivity index (χ0) is 24.4. The van der Waals surface area contributed by atoms with Crippen LogP contribution in [-0.2, 0) is 16.1 Å². The lowest BCUT2D eigenvalue weighted by Crippen LogP contribution is -2.22. The Bertz CT molecular complexity index is 1360. The van der Waals surface area contributed by atoms with Crippen LogP contribution in [0.2, 0.25) is 5.15 Å². The first-order valence-corrected chi connectivity index (χ1v) is 11.8. The molecule has 2 heterocycles. The fourth-order valence-corrected chi connectivity index (χ4v) is 4.17. The molecule has 2 aromatic heterocycles. The Morgan fingerprint density at radius 3 is 2.43 bits per heavy atom. The molecule has 0 aliphatic heterocycles. The van der Waals surface area contributed by atoms with Crippen LogP contribution in [0.4, 0.5) is 5.82 Å². The average Bonchev–Trinajstić information content (AvgIpc) is 3.57. The van der Waals surface area contributed by atoms with E-state index in [1.165, 1.54) is 0 Å². The number of aromatic nitrogens is 4.